The molecule has 1 fully saturated rings. The molecule has 3 rings (SSSR count). The molecule has 1 N–H and O–H groups in total. The molecule has 0 spiro atoms. The lowest BCUT2D eigenvalue weighted by molar-refractivity contribution is -0.140. The van der Waals surface area contributed by atoms with Gasteiger partial charge >= 0.3 is 5.97 Å². The summed E-state index contributed by atoms with van der Waals surface area (Å²) in [6, 6.07) is 4.00. The van der Waals surface area contributed by atoms with Gasteiger partial charge in [0.15, 0.2) is 11.5 Å². The van der Waals surface area contributed by atoms with Crippen molar-refractivity contribution in [2.24, 2.45) is 0 Å². The Labute approximate surface area is 117 Å². The van der Waals surface area contributed by atoms with Gasteiger partial charge in [0.1, 0.15) is 6.04 Å². The minimum Gasteiger partial charge on any atom is -0.480 e. The summed E-state index contributed by atoms with van der Waals surface area (Å²) in [5.41, 5.74) is 0.0742. The Balaban J connectivity index is 1.83. The largest absolute Gasteiger partial charge is 0.480 e. The average molecular weight is 294 g/mol. The number of amides is 1. The summed E-state index contributed by atoms with van der Waals surface area (Å²) in [6.07, 6.45) is 1.48. The fraction of sp³-hybridized carbons (Fsp3) is 0.250. The van der Waals surface area contributed by atoms with Gasteiger partial charge in [-0.2, -0.15) is 0 Å². The van der Waals surface area contributed by atoms with Crippen molar-refractivity contribution in [3.8, 4) is 11.5 Å². The van der Waals surface area contributed by atoms with E-state index in [1.165, 1.54) is 29.0 Å². The highest BCUT2D eigenvalue weighted by atomic mass is 32.2. The summed E-state index contributed by atoms with van der Waals surface area (Å²) < 4.78 is 10.2. The highest BCUT2D eigenvalue weighted by Gasteiger charge is 2.36. The highest BCUT2D eigenvalue weighted by Crippen LogP contribution is 2.25. The number of furan rings is 1. The van der Waals surface area contributed by atoms with Crippen molar-refractivity contribution < 1.29 is 23.6 Å². The summed E-state index contributed by atoms with van der Waals surface area (Å²) in [5.74, 6) is 0.0316. The van der Waals surface area contributed by atoms with E-state index in [0.29, 0.717) is 23.2 Å². The minimum atomic E-state index is -1.02. The van der Waals surface area contributed by atoms with Crippen molar-refractivity contribution in [2.75, 3.05) is 11.6 Å². The number of aromatic nitrogens is 1. The van der Waals surface area contributed by atoms with Crippen LogP contribution in [0.2, 0.25) is 0 Å². The van der Waals surface area contributed by atoms with Crippen LogP contribution in [0.1, 0.15) is 10.5 Å². The summed E-state index contributed by atoms with van der Waals surface area (Å²) in [7, 11) is 0. The summed E-state index contributed by atoms with van der Waals surface area (Å²) >= 11 is 1.39. The number of aliphatic carboxylic acids is 1. The maximum atomic E-state index is 12.2. The van der Waals surface area contributed by atoms with Gasteiger partial charge in [-0.15, -0.1) is 11.8 Å². The highest BCUT2D eigenvalue weighted by molar-refractivity contribution is 7.99. The van der Waals surface area contributed by atoms with Gasteiger partial charge in [-0.25, -0.2) is 4.79 Å². The standard InChI is InChI=1S/C12H10N2O5S/c15-11(14-6-20-5-8(14)12(16)17)7-4-10(19-13-7)9-2-1-3-18-9/h1-4,8H,5-6H2,(H,16,17). The number of carboxylic acids is 1. The Morgan fingerprint density at radius 1 is 1.45 bits per heavy atom. The molecule has 0 radical (unpaired) electrons. The summed E-state index contributed by atoms with van der Waals surface area (Å²) in [4.78, 5) is 24.6. The third-order valence-corrected chi connectivity index (χ3v) is 3.93. The van der Waals surface area contributed by atoms with Gasteiger partial charge in [-0.05, 0) is 12.1 Å². The monoisotopic (exact) mass is 294 g/mol. The van der Waals surface area contributed by atoms with Crippen LogP contribution in [0.15, 0.2) is 33.4 Å². The number of carboxylic acid groups (broad SMARTS) is 1. The van der Waals surface area contributed by atoms with Gasteiger partial charge in [0.05, 0.1) is 12.1 Å². The second-order valence-corrected chi connectivity index (χ2v) is 5.18. The van der Waals surface area contributed by atoms with Gasteiger partial charge in [-0.3, -0.25) is 4.79 Å². The predicted octanol–water partition coefficient (Wildman–Crippen LogP) is 1.53. The van der Waals surface area contributed by atoms with Crippen molar-refractivity contribution in [2.45, 2.75) is 6.04 Å². The summed E-state index contributed by atoms with van der Waals surface area (Å²) in [6.45, 7) is 0. The molecule has 0 aromatic carbocycles. The fourth-order valence-corrected chi connectivity index (χ4v) is 3.05. The molecule has 7 nitrogen and oxygen atoms in total. The summed E-state index contributed by atoms with van der Waals surface area (Å²) in [5, 5.41) is 12.8. The van der Waals surface area contributed by atoms with Crippen LogP contribution in [-0.2, 0) is 4.79 Å². The Morgan fingerprint density at radius 3 is 3.00 bits per heavy atom. The number of nitrogens with zero attached hydrogens (tertiary/aromatic N) is 2. The lowest BCUT2D eigenvalue weighted by atomic mass is 10.2. The SMILES string of the molecule is O=C(O)C1CSCN1C(=O)c1cc(-c2ccco2)on1. The van der Waals surface area contributed by atoms with Crippen molar-refractivity contribution in [1.82, 2.24) is 10.1 Å². The quantitative estimate of drug-likeness (QED) is 0.916. The van der Waals surface area contributed by atoms with Crippen LogP contribution in [0.5, 0.6) is 0 Å². The number of carbonyl (C=O) groups excluding carboxylic acids is 1. The lowest BCUT2D eigenvalue weighted by Gasteiger charge is -2.18. The van der Waals surface area contributed by atoms with Crippen molar-refractivity contribution >= 4 is 23.6 Å². The Bertz CT molecular complexity index is 636. The van der Waals surface area contributed by atoms with Crippen LogP contribution >= 0.6 is 11.8 Å². The number of thioether (sulfide) groups is 1. The van der Waals surface area contributed by atoms with Crippen LogP contribution < -0.4 is 0 Å². The van der Waals surface area contributed by atoms with Crippen LogP contribution in [0.3, 0.4) is 0 Å². The zero-order valence-corrected chi connectivity index (χ0v) is 11.0. The van der Waals surface area contributed by atoms with Gasteiger partial charge in [0.2, 0.25) is 5.76 Å². The molecule has 1 saturated heterocycles. The first kappa shape index (κ1) is 12.8. The topological polar surface area (TPSA) is 96.8 Å². The third-order valence-electron chi connectivity index (χ3n) is 2.92. The zero-order chi connectivity index (χ0) is 14.1. The lowest BCUT2D eigenvalue weighted by Crippen LogP contribution is -2.41. The molecule has 1 amide bonds. The second-order valence-electron chi connectivity index (χ2n) is 4.18. The van der Waals surface area contributed by atoms with Gasteiger partial charge in [-0.1, -0.05) is 5.16 Å². The van der Waals surface area contributed by atoms with E-state index in [4.69, 9.17) is 14.0 Å². The van der Waals surface area contributed by atoms with E-state index in [9.17, 15) is 9.59 Å². The molecular weight excluding hydrogens is 284 g/mol. The van der Waals surface area contributed by atoms with E-state index in [-0.39, 0.29) is 5.69 Å². The van der Waals surface area contributed by atoms with Gasteiger partial charge in [0, 0.05) is 11.8 Å². The zero-order valence-electron chi connectivity index (χ0n) is 10.2. The van der Waals surface area contributed by atoms with E-state index in [1.807, 2.05) is 0 Å². The number of rotatable bonds is 3. The molecule has 1 aliphatic heterocycles. The molecule has 2 aromatic heterocycles. The molecule has 1 aliphatic rings. The molecular formula is C12H10N2O5S. The van der Waals surface area contributed by atoms with Gasteiger partial charge < -0.3 is 18.9 Å². The number of hydrogen-bond donors (Lipinski definition) is 1. The first-order chi connectivity index (χ1) is 9.66. The Hall–Kier alpha value is -2.22. The molecule has 0 saturated carbocycles. The molecule has 3 heterocycles. The smallest absolute Gasteiger partial charge is 0.327 e. The van der Waals surface area contributed by atoms with Crippen molar-refractivity contribution in [1.29, 1.82) is 0 Å². The van der Waals surface area contributed by atoms with E-state index in [0.717, 1.165) is 0 Å². The maximum Gasteiger partial charge on any atom is 0.327 e. The van der Waals surface area contributed by atoms with Crippen molar-refractivity contribution in [3.05, 3.63) is 30.2 Å². The molecule has 104 valence electrons. The molecule has 0 bridgehead atoms. The van der Waals surface area contributed by atoms with E-state index in [1.54, 1.807) is 12.1 Å². The van der Waals surface area contributed by atoms with Crippen LogP contribution in [0.4, 0.5) is 0 Å². The molecule has 20 heavy (non-hydrogen) atoms. The third kappa shape index (κ3) is 2.18. The predicted molar refractivity (Wildman–Crippen MR) is 69.1 cm³/mol. The minimum absolute atomic E-state index is 0.0742. The van der Waals surface area contributed by atoms with Crippen LogP contribution in [0, 0.1) is 0 Å². The number of carbonyl (C=O) groups is 2. The Kier molecular flexibility index (Phi) is 3.23. The normalized spacial score (nSPS) is 18.4. The fourth-order valence-electron chi connectivity index (χ4n) is 1.91. The van der Waals surface area contributed by atoms with Gasteiger partial charge in [0.25, 0.3) is 5.91 Å². The average Bonchev–Trinajstić information content (AvgIpc) is 3.17. The Morgan fingerprint density at radius 2 is 2.30 bits per heavy atom. The molecule has 0 aliphatic carbocycles. The first-order valence-electron chi connectivity index (χ1n) is 5.79. The van der Waals surface area contributed by atoms with Crippen LogP contribution in [-0.4, -0.2) is 44.7 Å². The second kappa shape index (κ2) is 5.04. The molecule has 1 unspecified atom stereocenters. The van der Waals surface area contributed by atoms with Crippen LogP contribution in [0.25, 0.3) is 11.5 Å². The van der Waals surface area contributed by atoms with E-state index >= 15 is 0 Å². The van der Waals surface area contributed by atoms with Crippen molar-refractivity contribution in [3.63, 3.8) is 0 Å². The van der Waals surface area contributed by atoms with E-state index in [2.05, 4.69) is 5.16 Å². The van der Waals surface area contributed by atoms with E-state index < -0.39 is 17.9 Å². The number of hydrogen-bond acceptors (Lipinski definition) is 6. The first-order valence-corrected chi connectivity index (χ1v) is 6.94. The molecule has 2 aromatic rings. The molecule has 1 atom stereocenters. The maximum absolute atomic E-state index is 12.2. The molecule has 8 heteroatoms.